The molecule has 0 radical (unpaired) electrons. The zero-order valence-corrected chi connectivity index (χ0v) is 16.2. The third-order valence-corrected chi connectivity index (χ3v) is 6.67. The fraction of sp³-hybridized carbons (Fsp3) is 0.381. The van der Waals surface area contributed by atoms with Crippen molar-refractivity contribution in [2.24, 2.45) is 0 Å². The number of benzene rings is 2. The lowest BCUT2D eigenvalue weighted by Crippen LogP contribution is -2.36. The number of carbonyl (C=O) groups is 1. The molecule has 0 bridgehead atoms. The number of nitrogens with zero attached hydrogens (tertiary/aromatic N) is 1. The quantitative estimate of drug-likeness (QED) is 0.796. The van der Waals surface area contributed by atoms with Crippen LogP contribution in [0.4, 0.5) is 0 Å². The molecule has 6 heteroatoms. The van der Waals surface area contributed by atoms with E-state index in [4.69, 9.17) is 0 Å². The van der Waals surface area contributed by atoms with Crippen LogP contribution in [0.5, 0.6) is 0 Å². The average Bonchev–Trinajstić information content (AvgIpc) is 2.70. The standard InChI is InChI=1S/C21H26N2O3S/c24-21(22-14-13-18-7-3-1-4-8-18)20-11-9-19(10-12-20)17-27(25,26)23-15-5-2-6-16-23/h1,3-4,7-12H,2,5-6,13-17H2,(H,22,24). The van der Waals surface area contributed by atoms with Gasteiger partial charge in [-0.1, -0.05) is 48.9 Å². The fourth-order valence-electron chi connectivity index (χ4n) is 3.26. The van der Waals surface area contributed by atoms with Crippen molar-refractivity contribution < 1.29 is 13.2 Å². The van der Waals surface area contributed by atoms with E-state index in [-0.39, 0.29) is 11.7 Å². The van der Waals surface area contributed by atoms with Gasteiger partial charge in [-0.3, -0.25) is 4.79 Å². The van der Waals surface area contributed by atoms with E-state index in [1.54, 1.807) is 28.6 Å². The summed E-state index contributed by atoms with van der Waals surface area (Å²) in [6.45, 7) is 1.79. The summed E-state index contributed by atoms with van der Waals surface area (Å²) in [5.74, 6) is -0.153. The number of piperidine rings is 1. The summed E-state index contributed by atoms with van der Waals surface area (Å²) < 4.78 is 26.6. The zero-order valence-electron chi connectivity index (χ0n) is 15.4. The van der Waals surface area contributed by atoms with Crippen LogP contribution in [0.15, 0.2) is 54.6 Å². The largest absolute Gasteiger partial charge is 0.352 e. The number of carbonyl (C=O) groups excluding carboxylic acids is 1. The minimum Gasteiger partial charge on any atom is -0.352 e. The SMILES string of the molecule is O=C(NCCc1ccccc1)c1ccc(CS(=O)(=O)N2CCCCC2)cc1. The summed E-state index contributed by atoms with van der Waals surface area (Å²) in [5.41, 5.74) is 2.43. The molecule has 0 atom stereocenters. The van der Waals surface area contributed by atoms with Gasteiger partial charge < -0.3 is 5.32 Å². The molecule has 1 N–H and O–H groups in total. The number of rotatable bonds is 7. The molecule has 1 amide bonds. The van der Waals surface area contributed by atoms with Gasteiger partial charge in [0.05, 0.1) is 5.75 Å². The number of sulfonamides is 1. The van der Waals surface area contributed by atoms with Crippen molar-refractivity contribution in [1.29, 1.82) is 0 Å². The highest BCUT2D eigenvalue weighted by Crippen LogP contribution is 2.17. The molecule has 0 aromatic heterocycles. The molecule has 2 aromatic carbocycles. The van der Waals surface area contributed by atoms with E-state index < -0.39 is 10.0 Å². The minimum absolute atomic E-state index is 0.0110. The smallest absolute Gasteiger partial charge is 0.251 e. The van der Waals surface area contributed by atoms with Gasteiger partial charge in [-0.25, -0.2) is 12.7 Å². The van der Waals surface area contributed by atoms with E-state index in [0.29, 0.717) is 30.8 Å². The zero-order chi connectivity index (χ0) is 19.1. The Bertz CT molecular complexity index is 843. The molecule has 27 heavy (non-hydrogen) atoms. The lowest BCUT2D eigenvalue weighted by atomic mass is 10.1. The molecule has 0 spiro atoms. The lowest BCUT2D eigenvalue weighted by Gasteiger charge is -2.25. The van der Waals surface area contributed by atoms with Crippen molar-refractivity contribution in [1.82, 2.24) is 9.62 Å². The summed E-state index contributed by atoms with van der Waals surface area (Å²) in [6.07, 6.45) is 3.74. The van der Waals surface area contributed by atoms with Gasteiger partial charge in [0, 0.05) is 25.2 Å². The van der Waals surface area contributed by atoms with Crippen LogP contribution in [-0.2, 0) is 22.2 Å². The lowest BCUT2D eigenvalue weighted by molar-refractivity contribution is 0.0954. The van der Waals surface area contributed by atoms with E-state index in [0.717, 1.165) is 25.7 Å². The van der Waals surface area contributed by atoms with Crippen LogP contribution in [-0.4, -0.2) is 38.3 Å². The highest BCUT2D eigenvalue weighted by atomic mass is 32.2. The summed E-state index contributed by atoms with van der Waals surface area (Å²) in [4.78, 5) is 12.2. The molecule has 5 nitrogen and oxygen atoms in total. The van der Waals surface area contributed by atoms with E-state index in [9.17, 15) is 13.2 Å². The van der Waals surface area contributed by atoms with Crippen LogP contribution < -0.4 is 5.32 Å². The molecule has 2 aromatic rings. The Morgan fingerprint density at radius 3 is 2.22 bits per heavy atom. The Kier molecular flexibility index (Phi) is 6.63. The second-order valence-corrected chi connectivity index (χ2v) is 8.87. The Hall–Kier alpha value is -2.18. The highest BCUT2D eigenvalue weighted by molar-refractivity contribution is 7.88. The molecule has 144 valence electrons. The number of amides is 1. The number of hydrogen-bond acceptors (Lipinski definition) is 3. The molecule has 3 rings (SSSR count). The highest BCUT2D eigenvalue weighted by Gasteiger charge is 2.24. The molecule has 0 aliphatic carbocycles. The Morgan fingerprint density at radius 2 is 1.56 bits per heavy atom. The average molecular weight is 387 g/mol. The van der Waals surface area contributed by atoms with E-state index in [1.165, 1.54) is 5.56 Å². The van der Waals surface area contributed by atoms with Crippen LogP contribution in [0, 0.1) is 0 Å². The molecule has 1 saturated heterocycles. The fourth-order valence-corrected chi connectivity index (χ4v) is 4.88. The maximum Gasteiger partial charge on any atom is 0.251 e. The van der Waals surface area contributed by atoms with Gasteiger partial charge in [-0.05, 0) is 42.5 Å². The van der Waals surface area contributed by atoms with Gasteiger partial charge in [0.15, 0.2) is 0 Å². The maximum atomic E-state index is 12.5. The van der Waals surface area contributed by atoms with Crippen molar-refractivity contribution >= 4 is 15.9 Å². The molecule has 0 unspecified atom stereocenters. The van der Waals surface area contributed by atoms with Gasteiger partial charge in [0.1, 0.15) is 0 Å². The predicted octanol–water partition coefficient (Wildman–Crippen LogP) is 2.97. The minimum atomic E-state index is -3.28. The predicted molar refractivity (Wildman–Crippen MR) is 107 cm³/mol. The third-order valence-electron chi connectivity index (χ3n) is 4.82. The molecule has 0 saturated carbocycles. The van der Waals surface area contributed by atoms with E-state index in [1.807, 2.05) is 30.3 Å². The Morgan fingerprint density at radius 1 is 0.889 bits per heavy atom. The van der Waals surface area contributed by atoms with Crippen molar-refractivity contribution in [3.8, 4) is 0 Å². The Balaban J connectivity index is 1.52. The first-order chi connectivity index (χ1) is 13.0. The van der Waals surface area contributed by atoms with Crippen LogP contribution in [0.1, 0.15) is 40.7 Å². The number of hydrogen-bond donors (Lipinski definition) is 1. The van der Waals surface area contributed by atoms with Gasteiger partial charge in [-0.15, -0.1) is 0 Å². The Labute approximate surface area is 161 Å². The van der Waals surface area contributed by atoms with Crippen molar-refractivity contribution in [2.75, 3.05) is 19.6 Å². The summed E-state index contributed by atoms with van der Waals surface area (Å²) >= 11 is 0. The third kappa shape index (κ3) is 5.65. The monoisotopic (exact) mass is 386 g/mol. The first-order valence-electron chi connectivity index (χ1n) is 9.43. The molecule has 1 aliphatic rings. The first-order valence-corrected chi connectivity index (χ1v) is 11.0. The van der Waals surface area contributed by atoms with Crippen molar-refractivity contribution in [2.45, 2.75) is 31.4 Å². The molecular weight excluding hydrogens is 360 g/mol. The van der Waals surface area contributed by atoms with Gasteiger partial charge in [0.25, 0.3) is 5.91 Å². The number of nitrogens with one attached hydrogen (secondary N) is 1. The first kappa shape index (κ1) is 19.6. The van der Waals surface area contributed by atoms with Gasteiger partial charge in [0.2, 0.25) is 10.0 Å². The molecule has 1 heterocycles. The van der Waals surface area contributed by atoms with E-state index >= 15 is 0 Å². The van der Waals surface area contributed by atoms with Gasteiger partial charge >= 0.3 is 0 Å². The van der Waals surface area contributed by atoms with Crippen molar-refractivity contribution in [3.05, 3.63) is 71.3 Å². The second kappa shape index (κ2) is 9.15. The topological polar surface area (TPSA) is 66.5 Å². The summed E-state index contributed by atoms with van der Waals surface area (Å²) in [5, 5.41) is 2.90. The van der Waals surface area contributed by atoms with Crippen LogP contribution in [0.25, 0.3) is 0 Å². The van der Waals surface area contributed by atoms with Crippen LogP contribution >= 0.6 is 0 Å². The summed E-state index contributed by atoms with van der Waals surface area (Å²) in [6, 6.07) is 16.8. The van der Waals surface area contributed by atoms with Crippen LogP contribution in [0.3, 0.4) is 0 Å². The summed E-state index contributed by atoms with van der Waals surface area (Å²) in [7, 11) is -3.28. The second-order valence-electron chi connectivity index (χ2n) is 6.90. The molecule has 1 fully saturated rings. The maximum absolute atomic E-state index is 12.5. The van der Waals surface area contributed by atoms with Crippen molar-refractivity contribution in [3.63, 3.8) is 0 Å². The molecule has 1 aliphatic heterocycles. The molecular formula is C21H26N2O3S. The van der Waals surface area contributed by atoms with Crippen LogP contribution in [0.2, 0.25) is 0 Å². The van der Waals surface area contributed by atoms with E-state index in [2.05, 4.69) is 5.32 Å². The van der Waals surface area contributed by atoms with Gasteiger partial charge in [-0.2, -0.15) is 0 Å². The normalized spacial score (nSPS) is 15.4.